The summed E-state index contributed by atoms with van der Waals surface area (Å²) in [6.07, 6.45) is 1.72. The Hall–Kier alpha value is -1.18. The van der Waals surface area contributed by atoms with E-state index in [1.165, 1.54) is 0 Å². The summed E-state index contributed by atoms with van der Waals surface area (Å²) in [7, 11) is 0. The van der Waals surface area contributed by atoms with Crippen LogP contribution < -0.4 is 0 Å². The molecule has 0 bridgehead atoms. The molecule has 2 heteroatoms. The van der Waals surface area contributed by atoms with Crippen LogP contribution in [0.2, 0.25) is 0 Å². The van der Waals surface area contributed by atoms with Gasteiger partial charge in [-0.2, -0.15) is 0 Å². The first kappa shape index (κ1) is 9.90. The van der Waals surface area contributed by atoms with Crippen molar-refractivity contribution in [3.8, 4) is 0 Å². The van der Waals surface area contributed by atoms with Crippen molar-refractivity contribution in [1.82, 2.24) is 4.98 Å². The van der Waals surface area contributed by atoms with Gasteiger partial charge in [0.2, 0.25) is 0 Å². The quantitative estimate of drug-likeness (QED) is 0.709. The molecule has 2 nitrogen and oxygen atoms in total. The van der Waals surface area contributed by atoms with Gasteiger partial charge in [0.1, 0.15) is 5.78 Å². The number of carbonyl (C=O) groups is 1. The number of hydrogen-bond donors (Lipinski definition) is 0. The molecular weight excluding hydrogens is 162 g/mol. The van der Waals surface area contributed by atoms with Crippen molar-refractivity contribution in [2.24, 2.45) is 5.92 Å². The molecule has 0 unspecified atom stereocenters. The maximum Gasteiger partial charge on any atom is 0.144 e. The smallest absolute Gasteiger partial charge is 0.144 e. The molecule has 0 saturated heterocycles. The van der Waals surface area contributed by atoms with Crippen molar-refractivity contribution in [1.29, 1.82) is 0 Å². The van der Waals surface area contributed by atoms with Crippen LogP contribution >= 0.6 is 0 Å². The maximum atomic E-state index is 11.6. The van der Waals surface area contributed by atoms with E-state index in [-0.39, 0.29) is 17.6 Å². The third-order valence-corrected chi connectivity index (χ3v) is 2.13. The van der Waals surface area contributed by atoms with E-state index in [4.69, 9.17) is 0 Å². The molecule has 0 aliphatic heterocycles. The summed E-state index contributed by atoms with van der Waals surface area (Å²) >= 11 is 0. The van der Waals surface area contributed by atoms with E-state index in [9.17, 15) is 4.79 Å². The van der Waals surface area contributed by atoms with Gasteiger partial charge in [0.25, 0.3) is 0 Å². The molecule has 0 aromatic carbocycles. The lowest BCUT2D eigenvalue weighted by Crippen LogP contribution is -2.16. The van der Waals surface area contributed by atoms with E-state index in [0.29, 0.717) is 0 Å². The number of ketones is 1. The van der Waals surface area contributed by atoms with Crippen LogP contribution in [0.4, 0.5) is 0 Å². The zero-order chi connectivity index (χ0) is 9.84. The van der Waals surface area contributed by atoms with Crippen molar-refractivity contribution in [2.75, 3.05) is 0 Å². The van der Waals surface area contributed by atoms with Gasteiger partial charge >= 0.3 is 0 Å². The molecule has 13 heavy (non-hydrogen) atoms. The SMILES string of the molecule is CC(C)C(=O)[C@H](C)c1ccccn1. The largest absolute Gasteiger partial charge is 0.299 e. The molecule has 1 rings (SSSR count). The average Bonchev–Trinajstić information content (AvgIpc) is 2.17. The van der Waals surface area contributed by atoms with Crippen LogP contribution in [0, 0.1) is 5.92 Å². The number of nitrogens with zero attached hydrogens (tertiary/aromatic N) is 1. The van der Waals surface area contributed by atoms with Gasteiger partial charge in [0.05, 0.1) is 11.6 Å². The number of hydrogen-bond acceptors (Lipinski definition) is 2. The second-order valence-electron chi connectivity index (χ2n) is 3.53. The standard InChI is InChI=1S/C11H15NO/c1-8(2)11(13)9(3)10-6-4-5-7-12-10/h4-9H,1-3H3/t9-/m1/s1. The minimum atomic E-state index is -0.0822. The number of rotatable bonds is 3. The Balaban J connectivity index is 2.80. The Labute approximate surface area is 79.0 Å². The molecule has 0 radical (unpaired) electrons. The molecule has 1 aromatic rings. The molecule has 70 valence electrons. The first-order valence-corrected chi connectivity index (χ1v) is 4.57. The normalized spacial score (nSPS) is 12.9. The van der Waals surface area contributed by atoms with Crippen molar-refractivity contribution >= 4 is 5.78 Å². The fourth-order valence-corrected chi connectivity index (χ4v) is 1.28. The van der Waals surface area contributed by atoms with Crippen LogP contribution in [0.5, 0.6) is 0 Å². The fraction of sp³-hybridized carbons (Fsp3) is 0.455. The summed E-state index contributed by atoms with van der Waals surface area (Å²) in [6.45, 7) is 5.74. The zero-order valence-electron chi connectivity index (χ0n) is 8.32. The molecule has 1 heterocycles. The molecular formula is C11H15NO. The van der Waals surface area contributed by atoms with E-state index in [1.807, 2.05) is 39.0 Å². The van der Waals surface area contributed by atoms with Crippen molar-refractivity contribution in [3.05, 3.63) is 30.1 Å². The summed E-state index contributed by atoms with van der Waals surface area (Å²) in [4.78, 5) is 15.8. The number of carbonyl (C=O) groups excluding carboxylic acids is 1. The Morgan fingerprint density at radius 1 is 1.31 bits per heavy atom. The lowest BCUT2D eigenvalue weighted by Gasteiger charge is -2.11. The summed E-state index contributed by atoms with van der Waals surface area (Å²) in [5.74, 6) is 0.247. The van der Waals surface area contributed by atoms with Crippen LogP contribution in [0.25, 0.3) is 0 Å². The van der Waals surface area contributed by atoms with Crippen molar-refractivity contribution in [2.45, 2.75) is 26.7 Å². The van der Waals surface area contributed by atoms with Crippen LogP contribution in [-0.4, -0.2) is 10.8 Å². The predicted molar refractivity (Wildman–Crippen MR) is 52.5 cm³/mol. The molecule has 0 saturated carbocycles. The van der Waals surface area contributed by atoms with Gasteiger partial charge in [-0.15, -0.1) is 0 Å². The molecule has 0 aliphatic rings. The van der Waals surface area contributed by atoms with Gasteiger partial charge in [-0.3, -0.25) is 9.78 Å². The van der Waals surface area contributed by atoms with Crippen LogP contribution in [0.1, 0.15) is 32.4 Å². The van der Waals surface area contributed by atoms with E-state index in [2.05, 4.69) is 4.98 Å². The Bertz CT molecular complexity index is 279. The summed E-state index contributed by atoms with van der Waals surface area (Å²) in [5.41, 5.74) is 0.862. The highest BCUT2D eigenvalue weighted by atomic mass is 16.1. The lowest BCUT2D eigenvalue weighted by molar-refractivity contribution is -0.123. The zero-order valence-corrected chi connectivity index (χ0v) is 8.32. The van der Waals surface area contributed by atoms with Crippen LogP contribution in [0.15, 0.2) is 24.4 Å². The minimum Gasteiger partial charge on any atom is -0.299 e. The summed E-state index contributed by atoms with van der Waals surface area (Å²) in [6, 6.07) is 5.66. The van der Waals surface area contributed by atoms with Gasteiger partial charge in [-0.25, -0.2) is 0 Å². The minimum absolute atomic E-state index is 0.0806. The fourth-order valence-electron chi connectivity index (χ4n) is 1.28. The molecule has 1 aromatic heterocycles. The van der Waals surface area contributed by atoms with E-state index in [0.717, 1.165) is 5.69 Å². The predicted octanol–water partition coefficient (Wildman–Crippen LogP) is 2.41. The van der Waals surface area contributed by atoms with E-state index < -0.39 is 0 Å². The Morgan fingerprint density at radius 3 is 2.46 bits per heavy atom. The second kappa shape index (κ2) is 4.17. The molecule has 0 aliphatic carbocycles. The van der Waals surface area contributed by atoms with Gasteiger partial charge in [0, 0.05) is 12.1 Å². The van der Waals surface area contributed by atoms with Gasteiger partial charge in [-0.05, 0) is 19.1 Å². The van der Waals surface area contributed by atoms with E-state index >= 15 is 0 Å². The maximum absolute atomic E-state index is 11.6. The highest BCUT2D eigenvalue weighted by molar-refractivity contribution is 5.86. The van der Waals surface area contributed by atoms with Crippen molar-refractivity contribution < 1.29 is 4.79 Å². The number of Topliss-reactive ketones (excluding diaryl/α,β-unsaturated/α-hetero) is 1. The van der Waals surface area contributed by atoms with E-state index in [1.54, 1.807) is 6.20 Å². The molecule has 0 spiro atoms. The number of aromatic nitrogens is 1. The average molecular weight is 177 g/mol. The van der Waals surface area contributed by atoms with Gasteiger partial charge in [-0.1, -0.05) is 19.9 Å². The Kier molecular flexibility index (Phi) is 3.18. The van der Waals surface area contributed by atoms with Crippen LogP contribution in [0.3, 0.4) is 0 Å². The molecule has 0 amide bonds. The third kappa shape index (κ3) is 2.38. The second-order valence-corrected chi connectivity index (χ2v) is 3.53. The summed E-state index contributed by atoms with van der Waals surface area (Å²) in [5, 5.41) is 0. The number of pyridine rings is 1. The molecule has 0 fully saturated rings. The highest BCUT2D eigenvalue weighted by Crippen LogP contribution is 2.16. The topological polar surface area (TPSA) is 30.0 Å². The van der Waals surface area contributed by atoms with Crippen LogP contribution in [-0.2, 0) is 4.79 Å². The van der Waals surface area contributed by atoms with Crippen molar-refractivity contribution in [3.63, 3.8) is 0 Å². The Morgan fingerprint density at radius 2 is 2.00 bits per heavy atom. The molecule has 0 N–H and O–H groups in total. The lowest BCUT2D eigenvalue weighted by atomic mass is 9.94. The highest BCUT2D eigenvalue weighted by Gasteiger charge is 2.18. The van der Waals surface area contributed by atoms with Gasteiger partial charge in [0.15, 0.2) is 0 Å². The summed E-state index contributed by atoms with van der Waals surface area (Å²) < 4.78 is 0. The monoisotopic (exact) mass is 177 g/mol. The first-order chi connectivity index (χ1) is 6.13. The first-order valence-electron chi connectivity index (χ1n) is 4.57. The molecule has 1 atom stereocenters. The third-order valence-electron chi connectivity index (χ3n) is 2.13. The van der Waals surface area contributed by atoms with Gasteiger partial charge < -0.3 is 0 Å².